The van der Waals surface area contributed by atoms with Crippen LogP contribution in [0.4, 0.5) is 9.52 Å². The molecule has 0 atom stereocenters. The Balaban J connectivity index is 1.52. The average molecular weight is 419 g/mol. The van der Waals surface area contributed by atoms with E-state index in [4.69, 9.17) is 0 Å². The Morgan fingerprint density at radius 1 is 1.11 bits per heavy atom. The highest BCUT2D eigenvalue weighted by Crippen LogP contribution is 2.25. The SMILES string of the molecule is O=C(CS(=O)(=O)CCCc1ccccc1)Nc1nc(-c2cccc(F)c2)cs1. The summed E-state index contributed by atoms with van der Waals surface area (Å²) in [5, 5.41) is 4.47. The third-order valence-corrected chi connectivity index (χ3v) is 6.36. The van der Waals surface area contributed by atoms with E-state index in [0.717, 1.165) is 16.9 Å². The lowest BCUT2D eigenvalue weighted by Gasteiger charge is -2.05. The Morgan fingerprint density at radius 2 is 1.89 bits per heavy atom. The van der Waals surface area contributed by atoms with Gasteiger partial charge in [-0.2, -0.15) is 0 Å². The molecule has 0 saturated heterocycles. The largest absolute Gasteiger partial charge is 0.301 e. The number of thiazole rings is 1. The van der Waals surface area contributed by atoms with Gasteiger partial charge >= 0.3 is 0 Å². The molecule has 0 aliphatic carbocycles. The molecular formula is C20H19FN2O3S2. The summed E-state index contributed by atoms with van der Waals surface area (Å²) in [5.74, 6) is -1.64. The molecule has 2 aromatic carbocycles. The molecule has 0 aliphatic heterocycles. The minimum absolute atomic E-state index is 0.0538. The van der Waals surface area contributed by atoms with Gasteiger partial charge in [-0.3, -0.25) is 4.79 Å². The normalized spacial score (nSPS) is 11.3. The van der Waals surface area contributed by atoms with E-state index in [9.17, 15) is 17.6 Å². The van der Waals surface area contributed by atoms with Crippen LogP contribution in [0.1, 0.15) is 12.0 Å². The Morgan fingerprint density at radius 3 is 2.64 bits per heavy atom. The number of aryl methyl sites for hydroxylation is 1. The van der Waals surface area contributed by atoms with Crippen molar-refractivity contribution >= 4 is 32.2 Å². The van der Waals surface area contributed by atoms with Crippen LogP contribution in [0.2, 0.25) is 0 Å². The number of benzene rings is 2. The zero-order valence-electron chi connectivity index (χ0n) is 15.0. The van der Waals surface area contributed by atoms with Crippen LogP contribution in [-0.4, -0.2) is 30.8 Å². The molecule has 146 valence electrons. The predicted molar refractivity (Wildman–Crippen MR) is 110 cm³/mol. The molecule has 1 aromatic heterocycles. The zero-order chi connectivity index (χ0) is 20.0. The Kier molecular flexibility index (Phi) is 6.53. The van der Waals surface area contributed by atoms with Crippen molar-refractivity contribution in [2.45, 2.75) is 12.8 Å². The molecule has 0 bridgehead atoms. The number of nitrogens with one attached hydrogen (secondary N) is 1. The first-order valence-electron chi connectivity index (χ1n) is 8.67. The second kappa shape index (κ2) is 9.07. The van der Waals surface area contributed by atoms with Gasteiger partial charge in [0, 0.05) is 10.9 Å². The van der Waals surface area contributed by atoms with Crippen LogP contribution < -0.4 is 5.32 Å². The summed E-state index contributed by atoms with van der Waals surface area (Å²) < 4.78 is 37.6. The van der Waals surface area contributed by atoms with Gasteiger partial charge in [-0.1, -0.05) is 42.5 Å². The fourth-order valence-electron chi connectivity index (χ4n) is 2.68. The van der Waals surface area contributed by atoms with Crippen molar-refractivity contribution in [3.63, 3.8) is 0 Å². The second-order valence-corrected chi connectivity index (χ2v) is 9.32. The van der Waals surface area contributed by atoms with Crippen molar-refractivity contribution in [1.82, 2.24) is 4.98 Å². The van der Waals surface area contributed by atoms with Crippen molar-refractivity contribution < 1.29 is 17.6 Å². The number of sulfone groups is 1. The van der Waals surface area contributed by atoms with E-state index in [-0.39, 0.29) is 16.7 Å². The van der Waals surface area contributed by atoms with E-state index < -0.39 is 21.5 Å². The number of rotatable bonds is 8. The van der Waals surface area contributed by atoms with Gasteiger partial charge in [-0.25, -0.2) is 17.8 Å². The first-order chi connectivity index (χ1) is 13.4. The fourth-order valence-corrected chi connectivity index (χ4v) is 4.62. The van der Waals surface area contributed by atoms with Crippen LogP contribution in [0.15, 0.2) is 60.0 Å². The number of hydrogen-bond acceptors (Lipinski definition) is 5. The third kappa shape index (κ3) is 5.97. The van der Waals surface area contributed by atoms with E-state index in [0.29, 0.717) is 24.1 Å². The second-order valence-electron chi connectivity index (χ2n) is 6.28. The monoisotopic (exact) mass is 418 g/mol. The molecule has 8 heteroatoms. The maximum Gasteiger partial charge on any atom is 0.241 e. The molecule has 0 aliphatic rings. The molecule has 0 fully saturated rings. The number of aromatic nitrogens is 1. The standard InChI is InChI=1S/C20H19FN2O3S2/c21-17-10-4-9-16(12-17)18-13-27-20(22-18)23-19(24)14-28(25,26)11-5-8-15-6-2-1-3-7-15/h1-4,6-7,9-10,12-13H,5,8,11,14H2,(H,22,23,24). The van der Waals surface area contributed by atoms with Crippen LogP contribution in [0.3, 0.4) is 0 Å². The zero-order valence-corrected chi connectivity index (χ0v) is 16.6. The van der Waals surface area contributed by atoms with Crippen molar-refractivity contribution in [2.24, 2.45) is 0 Å². The van der Waals surface area contributed by atoms with E-state index in [1.807, 2.05) is 30.3 Å². The molecule has 0 radical (unpaired) electrons. The number of nitrogens with zero attached hydrogens (tertiary/aromatic N) is 1. The van der Waals surface area contributed by atoms with Crippen LogP contribution in [0, 0.1) is 5.82 Å². The highest BCUT2D eigenvalue weighted by Gasteiger charge is 2.18. The van der Waals surface area contributed by atoms with E-state index in [2.05, 4.69) is 10.3 Å². The minimum atomic E-state index is -3.51. The van der Waals surface area contributed by atoms with E-state index >= 15 is 0 Å². The predicted octanol–water partition coefficient (Wildman–Crippen LogP) is 3.94. The summed E-state index contributed by atoms with van der Waals surface area (Å²) in [6.45, 7) is 0. The molecule has 1 heterocycles. The van der Waals surface area contributed by atoms with E-state index in [1.54, 1.807) is 17.5 Å². The number of anilines is 1. The van der Waals surface area contributed by atoms with Crippen molar-refractivity contribution in [1.29, 1.82) is 0 Å². The summed E-state index contributed by atoms with van der Waals surface area (Å²) in [6.07, 6.45) is 1.10. The highest BCUT2D eigenvalue weighted by atomic mass is 32.2. The lowest BCUT2D eigenvalue weighted by atomic mass is 10.1. The van der Waals surface area contributed by atoms with Crippen LogP contribution in [0.25, 0.3) is 11.3 Å². The number of halogens is 1. The third-order valence-electron chi connectivity index (χ3n) is 3.99. The molecule has 1 N–H and O–H groups in total. The quantitative estimate of drug-likeness (QED) is 0.601. The van der Waals surface area contributed by atoms with Crippen LogP contribution in [-0.2, 0) is 21.1 Å². The number of hydrogen-bond donors (Lipinski definition) is 1. The van der Waals surface area contributed by atoms with Crippen molar-refractivity contribution in [3.05, 3.63) is 71.4 Å². The molecule has 0 unspecified atom stereocenters. The summed E-state index contributed by atoms with van der Waals surface area (Å²) in [4.78, 5) is 16.3. The molecule has 5 nitrogen and oxygen atoms in total. The summed E-state index contributed by atoms with van der Waals surface area (Å²) in [6, 6.07) is 15.6. The van der Waals surface area contributed by atoms with E-state index in [1.165, 1.54) is 12.1 Å². The number of carbonyl (C=O) groups excluding carboxylic acids is 1. The molecule has 0 spiro atoms. The summed E-state index contributed by atoms with van der Waals surface area (Å²) in [5.41, 5.74) is 2.17. The average Bonchev–Trinajstić information content (AvgIpc) is 3.10. The molecule has 3 rings (SSSR count). The van der Waals surface area contributed by atoms with Gasteiger partial charge in [0.05, 0.1) is 11.4 Å². The van der Waals surface area contributed by atoms with Gasteiger partial charge in [-0.15, -0.1) is 11.3 Å². The van der Waals surface area contributed by atoms with Gasteiger partial charge < -0.3 is 5.32 Å². The lowest BCUT2D eigenvalue weighted by Crippen LogP contribution is -2.24. The topological polar surface area (TPSA) is 76.1 Å². The minimum Gasteiger partial charge on any atom is -0.301 e. The van der Waals surface area contributed by atoms with Crippen molar-refractivity contribution in [3.8, 4) is 11.3 Å². The van der Waals surface area contributed by atoms with Gasteiger partial charge in [-0.05, 0) is 30.5 Å². The first-order valence-corrected chi connectivity index (χ1v) is 11.4. The Labute approximate surface area is 167 Å². The first kappa shape index (κ1) is 20.2. The smallest absolute Gasteiger partial charge is 0.241 e. The maximum atomic E-state index is 13.3. The van der Waals surface area contributed by atoms with Crippen molar-refractivity contribution in [2.75, 3.05) is 16.8 Å². The maximum absolute atomic E-state index is 13.3. The lowest BCUT2D eigenvalue weighted by molar-refractivity contribution is -0.113. The molecule has 1 amide bonds. The number of amides is 1. The molecule has 28 heavy (non-hydrogen) atoms. The Hall–Kier alpha value is -2.58. The summed E-state index contributed by atoms with van der Waals surface area (Å²) >= 11 is 1.16. The molecule has 3 aromatic rings. The van der Waals surface area contributed by atoms with Gasteiger partial charge in [0.1, 0.15) is 11.6 Å². The highest BCUT2D eigenvalue weighted by molar-refractivity contribution is 7.92. The number of carbonyl (C=O) groups is 1. The van der Waals surface area contributed by atoms with Crippen LogP contribution >= 0.6 is 11.3 Å². The fraction of sp³-hybridized carbons (Fsp3) is 0.200. The molecule has 0 saturated carbocycles. The molecular weight excluding hydrogens is 399 g/mol. The summed E-state index contributed by atoms with van der Waals surface area (Å²) in [7, 11) is -3.51. The van der Waals surface area contributed by atoms with Gasteiger partial charge in [0.25, 0.3) is 0 Å². The van der Waals surface area contributed by atoms with Crippen LogP contribution in [0.5, 0.6) is 0 Å². The Bertz CT molecular complexity index is 1050. The van der Waals surface area contributed by atoms with Gasteiger partial charge in [0.2, 0.25) is 5.91 Å². The van der Waals surface area contributed by atoms with Gasteiger partial charge in [0.15, 0.2) is 15.0 Å².